The van der Waals surface area contributed by atoms with E-state index in [0.29, 0.717) is 0 Å². The Morgan fingerprint density at radius 1 is 0.442 bits per heavy atom. The Morgan fingerprint density at radius 2 is 0.769 bits per heavy atom. The summed E-state index contributed by atoms with van der Waals surface area (Å²) in [5, 5.41) is 5.38. The SMILES string of the molecule is CCc1cc2c(-c3ccccc3-c3ccccc3)cccc2[cH-]1.CCc1cc2c(-c3ccccc3-c3ccccc3)cccc2[cH-]1.C[Si](C)=[Zr]([Cl])[Cl]. The third-order valence-corrected chi connectivity index (χ3v) is 29.2. The Labute approximate surface area is 324 Å². The van der Waals surface area contributed by atoms with Gasteiger partial charge in [-0.25, -0.2) is 0 Å². The summed E-state index contributed by atoms with van der Waals surface area (Å²) >= 11 is -1.65. The van der Waals surface area contributed by atoms with Crippen LogP contribution < -0.4 is 0 Å². The summed E-state index contributed by atoms with van der Waals surface area (Å²) in [7, 11) is 11.2. The van der Waals surface area contributed by atoms with Crippen molar-refractivity contribution in [1.82, 2.24) is 0 Å². The van der Waals surface area contributed by atoms with Gasteiger partial charge in [0.1, 0.15) is 0 Å². The first-order valence-corrected chi connectivity index (χ1v) is 30.5. The van der Waals surface area contributed by atoms with Crippen molar-refractivity contribution < 1.29 is 18.0 Å². The van der Waals surface area contributed by atoms with Crippen molar-refractivity contribution in [2.75, 3.05) is 0 Å². The molecule has 0 saturated carbocycles. The average molecular weight is 811 g/mol. The van der Waals surface area contributed by atoms with Crippen molar-refractivity contribution in [1.29, 1.82) is 0 Å². The van der Waals surface area contributed by atoms with Crippen molar-refractivity contribution in [3.8, 4) is 44.5 Å². The third kappa shape index (κ3) is 9.05. The van der Waals surface area contributed by atoms with Gasteiger partial charge in [-0.3, -0.25) is 0 Å². The molecule has 0 spiro atoms. The van der Waals surface area contributed by atoms with E-state index < -0.39 is 18.0 Å². The fraction of sp³-hybridized carbons (Fsp3) is 0.125. The van der Waals surface area contributed by atoms with Gasteiger partial charge in [-0.1, -0.05) is 146 Å². The molecule has 52 heavy (non-hydrogen) atoms. The first kappa shape index (κ1) is 38.0. The fourth-order valence-corrected chi connectivity index (χ4v) is 6.65. The standard InChI is InChI=1S/2C23H19.C2H6Si.2ClH.Zr/c2*1-2-17-15-19-11-8-14-22(23(19)16-17)21-13-7-6-12-20(21)18-9-4-3-5-10-18;1-3-2;;;/h2*3-16H,2H2,1H3;1-2H3;2*1H;/q2*-1;;;;+2/p-2. The predicted molar refractivity (Wildman–Crippen MR) is 229 cm³/mol. The van der Waals surface area contributed by atoms with Crippen molar-refractivity contribution in [3.05, 3.63) is 181 Å². The van der Waals surface area contributed by atoms with Crippen LogP contribution in [-0.4, -0.2) is 5.43 Å². The summed E-state index contributed by atoms with van der Waals surface area (Å²) in [6.07, 6.45) is 2.16. The van der Waals surface area contributed by atoms with Gasteiger partial charge in [0.25, 0.3) is 0 Å². The van der Waals surface area contributed by atoms with Crippen LogP contribution in [0.1, 0.15) is 25.0 Å². The average Bonchev–Trinajstić information content (AvgIpc) is 3.83. The molecule has 0 aliphatic carbocycles. The van der Waals surface area contributed by atoms with E-state index >= 15 is 0 Å². The summed E-state index contributed by atoms with van der Waals surface area (Å²) in [6, 6.07) is 61.2. The van der Waals surface area contributed by atoms with E-state index in [1.54, 1.807) is 0 Å². The number of halogens is 2. The van der Waals surface area contributed by atoms with Crippen molar-refractivity contribution in [2.24, 2.45) is 0 Å². The second kappa shape index (κ2) is 18.3. The van der Waals surface area contributed by atoms with Gasteiger partial charge < -0.3 is 0 Å². The molecule has 8 aromatic rings. The summed E-state index contributed by atoms with van der Waals surface area (Å²) in [4.78, 5) is 0. The Balaban J connectivity index is 0.000000155. The van der Waals surface area contributed by atoms with Crippen LogP contribution in [0, 0.1) is 0 Å². The Bertz CT molecular complexity index is 2240. The van der Waals surface area contributed by atoms with Crippen LogP contribution in [0.2, 0.25) is 13.1 Å². The molecule has 0 radical (unpaired) electrons. The molecular weight excluding hydrogens is 767 g/mol. The number of hydrogen-bond acceptors (Lipinski definition) is 0. The van der Waals surface area contributed by atoms with E-state index in [2.05, 4.69) is 197 Å². The third-order valence-electron chi connectivity index (χ3n) is 9.42. The quantitative estimate of drug-likeness (QED) is 0.116. The molecule has 0 unspecified atom stereocenters. The number of rotatable bonds is 6. The van der Waals surface area contributed by atoms with Gasteiger partial charge in [-0.15, -0.1) is 69.1 Å². The molecule has 0 fully saturated rings. The molecule has 8 rings (SSSR count). The molecule has 0 N–H and O–H groups in total. The number of fused-ring (bicyclic) bond motifs is 2. The Morgan fingerprint density at radius 3 is 1.12 bits per heavy atom. The van der Waals surface area contributed by atoms with Crippen molar-refractivity contribution in [2.45, 2.75) is 39.8 Å². The minimum absolute atomic E-state index is 0.224. The Hall–Kier alpha value is -3.78. The number of benzene rings is 6. The van der Waals surface area contributed by atoms with Gasteiger partial charge in [0.15, 0.2) is 0 Å². The molecular formula is C48H44Cl2SiZr-2. The molecule has 0 aliphatic heterocycles. The van der Waals surface area contributed by atoms with Gasteiger partial charge in [0.2, 0.25) is 0 Å². The van der Waals surface area contributed by atoms with E-state index in [-0.39, 0.29) is 5.43 Å². The number of hydrogen-bond donors (Lipinski definition) is 0. The molecule has 0 aliphatic rings. The molecule has 0 saturated heterocycles. The first-order valence-electron chi connectivity index (χ1n) is 18.0. The molecule has 4 heteroatoms. The van der Waals surface area contributed by atoms with Crippen LogP contribution in [0.3, 0.4) is 0 Å². The molecule has 0 aromatic heterocycles. The van der Waals surface area contributed by atoms with E-state index in [0.717, 1.165) is 12.8 Å². The molecule has 0 amide bonds. The van der Waals surface area contributed by atoms with E-state index in [1.807, 2.05) is 0 Å². The predicted octanol–water partition coefficient (Wildman–Crippen LogP) is 15.1. The second-order valence-corrected chi connectivity index (χ2v) is 36.1. The van der Waals surface area contributed by atoms with Gasteiger partial charge >= 0.3 is 53.5 Å². The molecule has 0 bridgehead atoms. The van der Waals surface area contributed by atoms with Crippen LogP contribution in [0.5, 0.6) is 0 Å². The van der Waals surface area contributed by atoms with Crippen molar-refractivity contribution in [3.63, 3.8) is 0 Å². The van der Waals surface area contributed by atoms with Gasteiger partial charge in [0, 0.05) is 0 Å². The Kier molecular flexibility index (Phi) is 13.4. The molecule has 8 aromatic carbocycles. The minimum atomic E-state index is -1.65. The topological polar surface area (TPSA) is 0 Å². The zero-order valence-electron chi connectivity index (χ0n) is 30.3. The normalized spacial score (nSPS) is 10.7. The maximum absolute atomic E-state index is 5.62. The molecule has 260 valence electrons. The van der Waals surface area contributed by atoms with Gasteiger partial charge in [-0.2, -0.15) is 12.1 Å². The maximum atomic E-state index is 5.62. The first-order chi connectivity index (χ1) is 25.4. The summed E-state index contributed by atoms with van der Waals surface area (Å²) in [5.74, 6) is 0. The zero-order valence-corrected chi connectivity index (χ0v) is 35.3. The van der Waals surface area contributed by atoms with Crippen LogP contribution >= 0.6 is 17.0 Å². The summed E-state index contributed by atoms with van der Waals surface area (Å²) < 4.78 is 0. The van der Waals surface area contributed by atoms with Crippen LogP contribution in [-0.2, 0) is 30.8 Å². The monoisotopic (exact) mass is 808 g/mol. The molecule has 0 heterocycles. The van der Waals surface area contributed by atoms with Gasteiger partial charge in [-0.05, 0) is 46.2 Å². The van der Waals surface area contributed by atoms with E-state index in [4.69, 9.17) is 17.0 Å². The zero-order chi connectivity index (χ0) is 36.5. The van der Waals surface area contributed by atoms with Crippen LogP contribution in [0.4, 0.5) is 0 Å². The van der Waals surface area contributed by atoms with E-state index in [1.165, 1.54) is 77.2 Å². The summed E-state index contributed by atoms with van der Waals surface area (Å²) in [6.45, 7) is 8.76. The molecule has 0 atom stereocenters. The van der Waals surface area contributed by atoms with Gasteiger partial charge in [0.05, 0.1) is 0 Å². The van der Waals surface area contributed by atoms with Crippen LogP contribution in [0.15, 0.2) is 170 Å². The summed E-state index contributed by atoms with van der Waals surface area (Å²) in [5.41, 5.74) is 13.0. The second-order valence-electron chi connectivity index (χ2n) is 13.1. The molecule has 0 nitrogen and oxygen atoms in total. The fourth-order valence-electron chi connectivity index (χ4n) is 6.65. The van der Waals surface area contributed by atoms with E-state index in [9.17, 15) is 0 Å². The van der Waals surface area contributed by atoms with Crippen molar-refractivity contribution >= 4 is 44.0 Å². The van der Waals surface area contributed by atoms with Crippen LogP contribution in [0.25, 0.3) is 66.1 Å². The number of aryl methyl sites for hydroxylation is 2.